The SMILES string of the molecule is CC(C)NC(=O)C1COCCN1C(=O)CC(N)C(C)C. The number of rotatable bonds is 5. The molecule has 0 aromatic carbocycles. The number of ether oxygens (including phenoxy) is 1. The van der Waals surface area contributed by atoms with Crippen molar-refractivity contribution in [2.24, 2.45) is 11.7 Å². The second-order valence-corrected chi connectivity index (χ2v) is 5.95. The van der Waals surface area contributed by atoms with Gasteiger partial charge in [-0.1, -0.05) is 13.8 Å². The molecule has 0 bridgehead atoms. The van der Waals surface area contributed by atoms with Crippen LogP contribution in [0.4, 0.5) is 0 Å². The fourth-order valence-electron chi connectivity index (χ4n) is 2.05. The first-order chi connectivity index (χ1) is 9.32. The molecule has 6 heteroatoms. The van der Waals surface area contributed by atoms with E-state index in [1.165, 1.54) is 0 Å². The Hall–Kier alpha value is -1.14. The van der Waals surface area contributed by atoms with E-state index in [2.05, 4.69) is 5.32 Å². The highest BCUT2D eigenvalue weighted by molar-refractivity contribution is 5.88. The molecule has 0 saturated carbocycles. The molecule has 0 radical (unpaired) electrons. The van der Waals surface area contributed by atoms with Gasteiger partial charge in [0.15, 0.2) is 0 Å². The van der Waals surface area contributed by atoms with E-state index < -0.39 is 6.04 Å². The monoisotopic (exact) mass is 285 g/mol. The molecule has 2 amide bonds. The molecule has 1 fully saturated rings. The van der Waals surface area contributed by atoms with E-state index >= 15 is 0 Å². The van der Waals surface area contributed by atoms with Gasteiger partial charge in [0.05, 0.1) is 13.2 Å². The van der Waals surface area contributed by atoms with Crippen LogP contribution >= 0.6 is 0 Å². The zero-order valence-corrected chi connectivity index (χ0v) is 12.9. The van der Waals surface area contributed by atoms with Crippen LogP contribution in [0.15, 0.2) is 0 Å². The van der Waals surface area contributed by atoms with Gasteiger partial charge < -0.3 is 20.7 Å². The Labute approximate surface area is 121 Å². The van der Waals surface area contributed by atoms with Gasteiger partial charge in [0, 0.05) is 25.0 Å². The highest BCUT2D eigenvalue weighted by Crippen LogP contribution is 2.12. The summed E-state index contributed by atoms with van der Waals surface area (Å²) in [5.74, 6) is 0.00695. The average molecular weight is 285 g/mol. The Morgan fingerprint density at radius 3 is 2.55 bits per heavy atom. The molecule has 0 aromatic heterocycles. The largest absolute Gasteiger partial charge is 0.377 e. The predicted octanol–water partition coefficient (Wildman–Crippen LogP) is 0.112. The minimum atomic E-state index is -0.544. The quantitative estimate of drug-likeness (QED) is 0.751. The summed E-state index contributed by atoms with van der Waals surface area (Å²) in [6.07, 6.45) is 0.267. The van der Waals surface area contributed by atoms with Gasteiger partial charge in [-0.2, -0.15) is 0 Å². The summed E-state index contributed by atoms with van der Waals surface area (Å²) < 4.78 is 5.33. The van der Waals surface area contributed by atoms with Crippen molar-refractivity contribution in [3.63, 3.8) is 0 Å². The Morgan fingerprint density at radius 1 is 1.35 bits per heavy atom. The maximum absolute atomic E-state index is 12.3. The Kier molecular flexibility index (Phi) is 6.42. The van der Waals surface area contributed by atoms with Crippen LogP contribution in [0.25, 0.3) is 0 Å². The lowest BCUT2D eigenvalue weighted by Gasteiger charge is -2.35. The maximum Gasteiger partial charge on any atom is 0.245 e. The van der Waals surface area contributed by atoms with Crippen molar-refractivity contribution in [1.29, 1.82) is 0 Å². The summed E-state index contributed by atoms with van der Waals surface area (Å²) >= 11 is 0. The standard InChI is InChI=1S/C14H27N3O3/c1-9(2)11(15)7-13(18)17-5-6-20-8-12(17)14(19)16-10(3)4/h9-12H,5-8,15H2,1-4H3,(H,16,19). The molecule has 2 atom stereocenters. The number of nitrogens with two attached hydrogens (primary N) is 1. The first kappa shape index (κ1) is 16.9. The van der Waals surface area contributed by atoms with Crippen LogP contribution in [-0.4, -0.2) is 54.6 Å². The molecule has 1 rings (SSSR count). The lowest BCUT2D eigenvalue weighted by Crippen LogP contribution is -2.57. The number of hydrogen-bond donors (Lipinski definition) is 2. The van der Waals surface area contributed by atoms with Gasteiger partial charge in [-0.25, -0.2) is 0 Å². The van der Waals surface area contributed by atoms with Crippen molar-refractivity contribution in [2.75, 3.05) is 19.8 Å². The second kappa shape index (κ2) is 7.59. The molecular weight excluding hydrogens is 258 g/mol. The van der Waals surface area contributed by atoms with Crippen LogP contribution in [0.3, 0.4) is 0 Å². The predicted molar refractivity (Wildman–Crippen MR) is 77.0 cm³/mol. The van der Waals surface area contributed by atoms with E-state index in [4.69, 9.17) is 10.5 Å². The van der Waals surface area contributed by atoms with Gasteiger partial charge in [-0.15, -0.1) is 0 Å². The third-order valence-corrected chi connectivity index (χ3v) is 3.45. The second-order valence-electron chi connectivity index (χ2n) is 5.95. The minimum Gasteiger partial charge on any atom is -0.377 e. The fourth-order valence-corrected chi connectivity index (χ4v) is 2.05. The summed E-state index contributed by atoms with van der Waals surface area (Å²) in [7, 11) is 0. The van der Waals surface area contributed by atoms with Crippen molar-refractivity contribution >= 4 is 11.8 Å². The summed E-state index contributed by atoms with van der Waals surface area (Å²) in [6, 6.07) is -0.684. The number of nitrogens with zero attached hydrogens (tertiary/aromatic N) is 1. The first-order valence-corrected chi connectivity index (χ1v) is 7.26. The molecule has 1 aliphatic heterocycles. The summed E-state index contributed by atoms with van der Waals surface area (Å²) in [5.41, 5.74) is 5.95. The third kappa shape index (κ3) is 4.76. The molecule has 0 aliphatic carbocycles. The third-order valence-electron chi connectivity index (χ3n) is 3.45. The van der Waals surface area contributed by atoms with E-state index in [1.54, 1.807) is 4.90 Å². The van der Waals surface area contributed by atoms with Crippen LogP contribution in [0.5, 0.6) is 0 Å². The smallest absolute Gasteiger partial charge is 0.245 e. The summed E-state index contributed by atoms with van der Waals surface area (Å²) in [5, 5.41) is 2.83. The molecular formula is C14H27N3O3. The van der Waals surface area contributed by atoms with Crippen molar-refractivity contribution in [3.8, 4) is 0 Å². The molecule has 0 spiro atoms. The van der Waals surface area contributed by atoms with E-state index in [1.807, 2.05) is 27.7 Å². The van der Waals surface area contributed by atoms with Crippen LogP contribution in [0.1, 0.15) is 34.1 Å². The Balaban J connectivity index is 2.68. The average Bonchev–Trinajstić information content (AvgIpc) is 2.37. The molecule has 3 N–H and O–H groups in total. The van der Waals surface area contributed by atoms with Gasteiger partial charge in [-0.3, -0.25) is 9.59 Å². The molecule has 0 aromatic rings. The van der Waals surface area contributed by atoms with Crippen LogP contribution in [0.2, 0.25) is 0 Å². The van der Waals surface area contributed by atoms with Crippen molar-refractivity contribution in [3.05, 3.63) is 0 Å². The van der Waals surface area contributed by atoms with Gasteiger partial charge in [0.25, 0.3) is 0 Å². The van der Waals surface area contributed by atoms with E-state index in [-0.39, 0.29) is 42.8 Å². The zero-order chi connectivity index (χ0) is 15.3. The van der Waals surface area contributed by atoms with Crippen LogP contribution in [0, 0.1) is 5.92 Å². The Morgan fingerprint density at radius 2 is 2.00 bits per heavy atom. The normalized spacial score (nSPS) is 21.1. The minimum absolute atomic E-state index is 0.0410. The number of carbonyl (C=O) groups is 2. The van der Waals surface area contributed by atoms with Crippen LogP contribution < -0.4 is 11.1 Å². The van der Waals surface area contributed by atoms with Crippen molar-refractivity contribution in [2.45, 2.75) is 52.2 Å². The van der Waals surface area contributed by atoms with E-state index in [0.717, 1.165) is 0 Å². The molecule has 2 unspecified atom stereocenters. The van der Waals surface area contributed by atoms with E-state index in [9.17, 15) is 9.59 Å². The number of amides is 2. The number of morpholine rings is 1. The van der Waals surface area contributed by atoms with Gasteiger partial charge in [0.2, 0.25) is 11.8 Å². The molecule has 6 nitrogen and oxygen atoms in total. The topological polar surface area (TPSA) is 84.7 Å². The Bertz CT molecular complexity index is 345. The lowest BCUT2D eigenvalue weighted by atomic mass is 10.0. The molecule has 1 aliphatic rings. The van der Waals surface area contributed by atoms with E-state index in [0.29, 0.717) is 13.2 Å². The van der Waals surface area contributed by atoms with Gasteiger partial charge in [-0.05, 0) is 19.8 Å². The van der Waals surface area contributed by atoms with Crippen molar-refractivity contribution < 1.29 is 14.3 Å². The summed E-state index contributed by atoms with van der Waals surface area (Å²) in [4.78, 5) is 26.1. The van der Waals surface area contributed by atoms with Crippen LogP contribution in [-0.2, 0) is 14.3 Å². The maximum atomic E-state index is 12.3. The number of carbonyl (C=O) groups excluding carboxylic acids is 2. The lowest BCUT2D eigenvalue weighted by molar-refractivity contribution is -0.149. The first-order valence-electron chi connectivity index (χ1n) is 7.26. The fraction of sp³-hybridized carbons (Fsp3) is 0.857. The van der Waals surface area contributed by atoms with Gasteiger partial charge in [0.1, 0.15) is 6.04 Å². The highest BCUT2D eigenvalue weighted by atomic mass is 16.5. The molecule has 1 saturated heterocycles. The molecule has 116 valence electrons. The number of hydrogen-bond acceptors (Lipinski definition) is 4. The number of nitrogens with one attached hydrogen (secondary N) is 1. The molecule has 1 heterocycles. The van der Waals surface area contributed by atoms with Crippen molar-refractivity contribution in [1.82, 2.24) is 10.2 Å². The summed E-state index contributed by atoms with van der Waals surface area (Å²) in [6.45, 7) is 8.92. The van der Waals surface area contributed by atoms with Gasteiger partial charge >= 0.3 is 0 Å². The highest BCUT2D eigenvalue weighted by Gasteiger charge is 2.33. The molecule has 20 heavy (non-hydrogen) atoms. The zero-order valence-electron chi connectivity index (χ0n) is 12.9.